The Morgan fingerprint density at radius 3 is 2.79 bits per heavy atom. The molecule has 0 bridgehead atoms. The highest BCUT2D eigenvalue weighted by Crippen LogP contribution is 2.38. The molecule has 0 saturated heterocycles. The van der Waals surface area contributed by atoms with Crippen LogP contribution in [-0.2, 0) is 24.2 Å². The average molecular weight is 343 g/mol. The molecule has 4 heteroatoms. The Labute approximate surface area is 147 Å². The van der Waals surface area contributed by atoms with Gasteiger partial charge in [-0.05, 0) is 61.1 Å². The van der Waals surface area contributed by atoms with E-state index >= 15 is 0 Å². The summed E-state index contributed by atoms with van der Waals surface area (Å²) in [5.74, 6) is 1.23. The summed E-state index contributed by atoms with van der Waals surface area (Å²) in [7, 11) is 0. The van der Waals surface area contributed by atoms with Gasteiger partial charge in [-0.3, -0.25) is 4.79 Å². The van der Waals surface area contributed by atoms with Gasteiger partial charge in [0, 0.05) is 21.9 Å². The van der Waals surface area contributed by atoms with E-state index in [1.165, 1.54) is 27.9 Å². The smallest absolute Gasteiger partial charge is 0.223 e. The summed E-state index contributed by atoms with van der Waals surface area (Å²) in [4.78, 5) is 19.1. The van der Waals surface area contributed by atoms with Crippen molar-refractivity contribution in [3.05, 3.63) is 28.3 Å². The molecule has 2 aliphatic rings. The molecule has 2 aliphatic carbocycles. The van der Waals surface area contributed by atoms with Gasteiger partial charge in [-0.1, -0.05) is 20.8 Å². The number of nitrogens with one attached hydrogen (secondary N) is 1. The van der Waals surface area contributed by atoms with Crippen molar-refractivity contribution in [1.82, 2.24) is 10.3 Å². The molecule has 4 rings (SSSR count). The Kier molecular flexibility index (Phi) is 3.91. The summed E-state index contributed by atoms with van der Waals surface area (Å²) in [6.45, 7) is 7.69. The van der Waals surface area contributed by atoms with Crippen LogP contribution in [0.25, 0.3) is 10.2 Å². The molecule has 1 amide bonds. The number of aryl methyl sites for hydroxylation is 1. The zero-order valence-electron chi connectivity index (χ0n) is 14.8. The first-order valence-electron chi connectivity index (χ1n) is 9.09. The Hall–Kier alpha value is -1.42. The first-order chi connectivity index (χ1) is 11.4. The van der Waals surface area contributed by atoms with Crippen molar-refractivity contribution in [3.8, 4) is 0 Å². The van der Waals surface area contributed by atoms with Gasteiger partial charge in [-0.25, -0.2) is 4.98 Å². The third kappa shape index (κ3) is 3.21. The average Bonchev–Trinajstić information content (AvgIpc) is 3.30. The number of thiophene rings is 1. The van der Waals surface area contributed by atoms with Crippen LogP contribution in [0.2, 0.25) is 0 Å². The highest BCUT2D eigenvalue weighted by atomic mass is 32.1. The number of hydrogen-bond acceptors (Lipinski definition) is 3. The standard InChI is InChI=1S/C20H26N2OS/c1-20(2,3)15-6-7-17-13(9-15)8-14-10-16(24-19(14)22-17)11-21-18(23)12-4-5-12/h8,10,12,15H,4-7,9,11H2,1-3H3,(H,21,23). The zero-order valence-corrected chi connectivity index (χ0v) is 15.6. The van der Waals surface area contributed by atoms with Crippen molar-refractivity contribution in [2.24, 2.45) is 17.3 Å². The molecule has 1 fully saturated rings. The summed E-state index contributed by atoms with van der Waals surface area (Å²) < 4.78 is 0. The van der Waals surface area contributed by atoms with Crippen molar-refractivity contribution in [3.63, 3.8) is 0 Å². The van der Waals surface area contributed by atoms with Crippen LogP contribution in [0.15, 0.2) is 12.1 Å². The summed E-state index contributed by atoms with van der Waals surface area (Å²) >= 11 is 1.72. The Morgan fingerprint density at radius 2 is 2.08 bits per heavy atom. The van der Waals surface area contributed by atoms with Crippen LogP contribution >= 0.6 is 11.3 Å². The first-order valence-corrected chi connectivity index (χ1v) is 9.91. The second kappa shape index (κ2) is 5.83. The van der Waals surface area contributed by atoms with E-state index in [1.807, 2.05) is 0 Å². The largest absolute Gasteiger partial charge is 0.351 e. The fraction of sp³-hybridized carbons (Fsp3) is 0.600. The molecule has 0 spiro atoms. The quantitative estimate of drug-likeness (QED) is 0.894. The van der Waals surface area contributed by atoms with Crippen molar-refractivity contribution in [2.45, 2.75) is 59.4 Å². The highest BCUT2D eigenvalue weighted by molar-refractivity contribution is 7.18. The summed E-state index contributed by atoms with van der Waals surface area (Å²) in [5.41, 5.74) is 3.08. The zero-order chi connectivity index (χ0) is 16.9. The molecule has 2 aromatic heterocycles. The van der Waals surface area contributed by atoms with Gasteiger partial charge in [0.1, 0.15) is 4.83 Å². The molecular weight excluding hydrogens is 316 g/mol. The second-order valence-corrected chi connectivity index (χ2v) is 9.61. The minimum Gasteiger partial charge on any atom is -0.351 e. The molecule has 1 saturated carbocycles. The van der Waals surface area contributed by atoms with E-state index < -0.39 is 0 Å². The molecule has 2 heterocycles. The van der Waals surface area contributed by atoms with E-state index in [2.05, 4.69) is 38.2 Å². The minimum atomic E-state index is 0.215. The molecule has 24 heavy (non-hydrogen) atoms. The third-order valence-corrected chi connectivity index (χ3v) is 6.58. The van der Waals surface area contributed by atoms with Crippen molar-refractivity contribution in [2.75, 3.05) is 0 Å². The van der Waals surface area contributed by atoms with Gasteiger partial charge in [-0.2, -0.15) is 0 Å². The number of pyridine rings is 1. The molecule has 1 unspecified atom stereocenters. The molecular formula is C20H26N2OS. The van der Waals surface area contributed by atoms with Gasteiger partial charge >= 0.3 is 0 Å². The van der Waals surface area contributed by atoms with Crippen molar-refractivity contribution in [1.29, 1.82) is 0 Å². The fourth-order valence-corrected chi connectivity index (χ4v) is 4.64. The molecule has 1 atom stereocenters. The number of fused-ring (bicyclic) bond motifs is 2. The van der Waals surface area contributed by atoms with E-state index in [0.717, 1.165) is 36.4 Å². The number of hydrogen-bond donors (Lipinski definition) is 1. The van der Waals surface area contributed by atoms with Crippen molar-refractivity contribution >= 4 is 27.5 Å². The number of carbonyl (C=O) groups is 1. The molecule has 128 valence electrons. The van der Waals surface area contributed by atoms with Gasteiger partial charge in [0.15, 0.2) is 0 Å². The lowest BCUT2D eigenvalue weighted by Crippen LogP contribution is -2.27. The number of amides is 1. The lowest BCUT2D eigenvalue weighted by atomic mass is 9.71. The van der Waals surface area contributed by atoms with E-state index in [0.29, 0.717) is 12.0 Å². The lowest BCUT2D eigenvalue weighted by Gasteiger charge is -2.34. The van der Waals surface area contributed by atoms with Crippen LogP contribution in [-0.4, -0.2) is 10.9 Å². The lowest BCUT2D eigenvalue weighted by molar-refractivity contribution is -0.122. The molecule has 1 N–H and O–H groups in total. The van der Waals surface area contributed by atoms with Crippen LogP contribution < -0.4 is 5.32 Å². The first kappa shape index (κ1) is 16.1. The van der Waals surface area contributed by atoms with Crippen LogP contribution in [0, 0.1) is 17.3 Å². The van der Waals surface area contributed by atoms with Gasteiger partial charge in [0.25, 0.3) is 0 Å². The van der Waals surface area contributed by atoms with Gasteiger partial charge in [0.2, 0.25) is 5.91 Å². The molecule has 2 aromatic rings. The maximum atomic E-state index is 11.8. The van der Waals surface area contributed by atoms with Crippen LogP contribution in [0.4, 0.5) is 0 Å². The van der Waals surface area contributed by atoms with E-state index in [1.54, 1.807) is 11.3 Å². The Bertz CT molecular complexity index is 783. The topological polar surface area (TPSA) is 42.0 Å². The number of nitrogens with zero attached hydrogens (tertiary/aromatic N) is 1. The molecule has 0 aliphatic heterocycles. The maximum absolute atomic E-state index is 11.8. The summed E-state index contributed by atoms with van der Waals surface area (Å²) in [5, 5.41) is 4.30. The van der Waals surface area contributed by atoms with E-state index in [4.69, 9.17) is 4.98 Å². The Morgan fingerprint density at radius 1 is 1.29 bits per heavy atom. The van der Waals surface area contributed by atoms with Crippen LogP contribution in [0.3, 0.4) is 0 Å². The van der Waals surface area contributed by atoms with Crippen LogP contribution in [0.1, 0.15) is 56.2 Å². The number of aromatic nitrogens is 1. The summed E-state index contributed by atoms with van der Waals surface area (Å²) in [6.07, 6.45) is 5.60. The molecule has 0 radical (unpaired) electrons. The normalized spacial score (nSPS) is 20.9. The van der Waals surface area contributed by atoms with Crippen LogP contribution in [0.5, 0.6) is 0 Å². The minimum absolute atomic E-state index is 0.215. The van der Waals surface area contributed by atoms with Gasteiger partial charge in [-0.15, -0.1) is 11.3 Å². The summed E-state index contributed by atoms with van der Waals surface area (Å²) in [6, 6.07) is 4.55. The van der Waals surface area contributed by atoms with Gasteiger partial charge < -0.3 is 5.32 Å². The molecule has 0 aromatic carbocycles. The predicted octanol–water partition coefficient (Wildman–Crippen LogP) is 4.47. The maximum Gasteiger partial charge on any atom is 0.223 e. The second-order valence-electron chi connectivity index (χ2n) is 8.50. The number of rotatable bonds is 3. The monoisotopic (exact) mass is 342 g/mol. The van der Waals surface area contributed by atoms with E-state index in [-0.39, 0.29) is 11.8 Å². The third-order valence-electron chi connectivity index (χ3n) is 5.53. The van der Waals surface area contributed by atoms with E-state index in [9.17, 15) is 4.79 Å². The molecule has 3 nitrogen and oxygen atoms in total. The van der Waals surface area contributed by atoms with Crippen molar-refractivity contribution < 1.29 is 4.79 Å². The van der Waals surface area contributed by atoms with Gasteiger partial charge in [0.05, 0.1) is 6.54 Å². The fourth-order valence-electron chi connectivity index (χ4n) is 3.67. The number of carbonyl (C=O) groups excluding carboxylic acids is 1. The predicted molar refractivity (Wildman–Crippen MR) is 99.2 cm³/mol. The highest BCUT2D eigenvalue weighted by Gasteiger charge is 2.30. The Balaban J connectivity index is 1.54. The SMILES string of the molecule is CC(C)(C)C1CCc2nc3sc(CNC(=O)C4CC4)cc3cc2C1.